The lowest BCUT2D eigenvalue weighted by Gasteiger charge is -2.38. The number of benzene rings is 2. The average molecular weight is 488 g/mol. The van der Waals surface area contributed by atoms with Gasteiger partial charge in [-0.15, -0.1) is 0 Å². The molecule has 2 aliphatic heterocycles. The summed E-state index contributed by atoms with van der Waals surface area (Å²) in [4.78, 5) is 14.4. The van der Waals surface area contributed by atoms with Gasteiger partial charge in [0.15, 0.2) is 11.6 Å². The number of halogens is 2. The van der Waals surface area contributed by atoms with Gasteiger partial charge in [0, 0.05) is 23.6 Å². The van der Waals surface area contributed by atoms with Gasteiger partial charge in [-0.05, 0) is 77.2 Å². The van der Waals surface area contributed by atoms with Gasteiger partial charge in [-0.2, -0.15) is 0 Å². The number of hydrogen-bond acceptors (Lipinski definition) is 5. The van der Waals surface area contributed by atoms with Gasteiger partial charge in [0.25, 0.3) is 0 Å². The molecule has 1 spiro atoms. The molecule has 5 nitrogen and oxygen atoms in total. The molecule has 0 saturated carbocycles. The van der Waals surface area contributed by atoms with Gasteiger partial charge >= 0.3 is 5.97 Å². The van der Waals surface area contributed by atoms with Crippen molar-refractivity contribution in [1.82, 2.24) is 4.90 Å². The minimum atomic E-state index is -0.818. The third-order valence-electron chi connectivity index (χ3n) is 6.78. The van der Waals surface area contributed by atoms with E-state index >= 15 is 0 Å². The van der Waals surface area contributed by atoms with Gasteiger partial charge in [0.2, 0.25) is 0 Å². The molecule has 0 unspecified atom stereocenters. The van der Waals surface area contributed by atoms with Crippen molar-refractivity contribution in [3.63, 3.8) is 0 Å². The molecule has 7 heteroatoms. The Morgan fingerprint density at radius 1 is 1.14 bits per heavy atom. The van der Waals surface area contributed by atoms with Gasteiger partial charge in [-0.1, -0.05) is 18.2 Å². The predicted octanol–water partition coefficient (Wildman–Crippen LogP) is 5.43. The quantitative estimate of drug-likeness (QED) is 0.367. The summed E-state index contributed by atoms with van der Waals surface area (Å²) in [6, 6.07) is 10.2. The smallest absolute Gasteiger partial charge is 0.307 e. The normalized spacial score (nSPS) is 17.2. The summed E-state index contributed by atoms with van der Waals surface area (Å²) in [5.74, 6) is -0.168. The Hall–Kier alpha value is -2.67. The highest BCUT2D eigenvalue weighted by Gasteiger charge is 2.43. The van der Waals surface area contributed by atoms with Crippen molar-refractivity contribution in [1.29, 1.82) is 0 Å². The summed E-state index contributed by atoms with van der Waals surface area (Å²) in [6.07, 6.45) is 3.37. The first-order valence-electron chi connectivity index (χ1n) is 12.4. The molecule has 0 radical (unpaired) electrons. The molecule has 0 bridgehead atoms. The van der Waals surface area contributed by atoms with Crippen LogP contribution in [0.3, 0.4) is 0 Å². The summed E-state index contributed by atoms with van der Waals surface area (Å²) < 4.78 is 44.5. The van der Waals surface area contributed by atoms with Crippen LogP contribution in [0.5, 0.6) is 11.5 Å². The minimum absolute atomic E-state index is 0.00515. The summed E-state index contributed by atoms with van der Waals surface area (Å²) in [6.45, 7) is 9.27. The van der Waals surface area contributed by atoms with Crippen LogP contribution in [0.2, 0.25) is 0 Å². The number of nitrogens with zero attached hydrogens (tertiary/aromatic N) is 1. The lowest BCUT2D eigenvalue weighted by molar-refractivity contribution is -0.155. The highest BCUT2D eigenvalue weighted by atomic mass is 19.2. The van der Waals surface area contributed by atoms with Crippen LogP contribution in [0.4, 0.5) is 8.78 Å². The molecule has 1 fully saturated rings. The molecule has 2 aromatic rings. The highest BCUT2D eigenvalue weighted by Crippen LogP contribution is 2.46. The van der Waals surface area contributed by atoms with E-state index in [1.807, 2.05) is 32.9 Å². The molecule has 0 aliphatic carbocycles. The van der Waals surface area contributed by atoms with E-state index in [9.17, 15) is 13.6 Å². The van der Waals surface area contributed by atoms with E-state index in [-0.39, 0.29) is 11.4 Å². The molecule has 1 saturated heterocycles. The highest BCUT2D eigenvalue weighted by molar-refractivity contribution is 5.70. The predicted molar refractivity (Wildman–Crippen MR) is 130 cm³/mol. The monoisotopic (exact) mass is 487 g/mol. The number of ether oxygens (including phenoxy) is 3. The minimum Gasteiger partial charge on any atom is -0.493 e. The molecule has 0 aromatic heterocycles. The zero-order valence-corrected chi connectivity index (χ0v) is 20.9. The molecule has 2 aromatic carbocycles. The van der Waals surface area contributed by atoms with Gasteiger partial charge in [0.05, 0.1) is 19.6 Å². The second-order valence-electron chi connectivity index (χ2n) is 10.6. The van der Waals surface area contributed by atoms with Gasteiger partial charge in [0.1, 0.15) is 17.1 Å². The summed E-state index contributed by atoms with van der Waals surface area (Å²) >= 11 is 0. The number of rotatable bonds is 8. The zero-order valence-electron chi connectivity index (χ0n) is 20.9. The third-order valence-corrected chi connectivity index (χ3v) is 6.78. The van der Waals surface area contributed by atoms with E-state index < -0.39 is 17.2 Å². The Bertz CT molecular complexity index is 1040. The SMILES string of the molecule is CC(C)(C)OC(=O)CCN1CCC2(CC1)COc1cc(OCCCc3cccc(F)c3F)ccc12. The maximum Gasteiger partial charge on any atom is 0.307 e. The Kier molecular flexibility index (Phi) is 7.64. The van der Waals surface area contributed by atoms with E-state index in [2.05, 4.69) is 11.0 Å². The standard InChI is InChI=1S/C28H35F2NO4/c1-27(2,3)35-25(32)11-14-31-15-12-28(13-16-31)19-34-24-18-21(9-10-22(24)28)33-17-5-7-20-6-4-8-23(29)26(20)30/h4,6,8-10,18H,5,7,11-17,19H2,1-3H3. The van der Waals surface area contributed by atoms with Crippen molar-refractivity contribution in [3.8, 4) is 11.5 Å². The first kappa shape index (κ1) is 25.4. The first-order valence-corrected chi connectivity index (χ1v) is 12.4. The van der Waals surface area contributed by atoms with Crippen molar-refractivity contribution in [2.75, 3.05) is 32.8 Å². The van der Waals surface area contributed by atoms with Crippen molar-refractivity contribution < 1.29 is 27.8 Å². The lowest BCUT2D eigenvalue weighted by Crippen LogP contribution is -2.44. The Balaban J connectivity index is 1.25. The van der Waals surface area contributed by atoms with E-state index in [4.69, 9.17) is 14.2 Å². The molecular formula is C28H35F2NO4. The maximum atomic E-state index is 13.8. The van der Waals surface area contributed by atoms with Gasteiger partial charge < -0.3 is 19.1 Å². The molecule has 2 aliphatic rings. The summed E-state index contributed by atoms with van der Waals surface area (Å²) in [7, 11) is 0. The molecule has 0 amide bonds. The fraction of sp³-hybridized carbons (Fsp3) is 0.536. The van der Waals surface area contributed by atoms with Crippen LogP contribution in [0, 0.1) is 11.6 Å². The van der Waals surface area contributed by atoms with Crippen LogP contribution in [0.1, 0.15) is 57.6 Å². The van der Waals surface area contributed by atoms with Gasteiger partial charge in [-0.3, -0.25) is 4.79 Å². The third kappa shape index (κ3) is 6.31. The molecule has 4 rings (SSSR count). The van der Waals surface area contributed by atoms with Crippen LogP contribution in [-0.2, 0) is 21.4 Å². The summed E-state index contributed by atoms with van der Waals surface area (Å²) in [5.41, 5.74) is 1.14. The van der Waals surface area contributed by atoms with E-state index in [0.717, 1.165) is 43.5 Å². The number of carbonyl (C=O) groups excluding carboxylic acids is 1. The number of fused-ring (bicyclic) bond motifs is 2. The summed E-state index contributed by atoms with van der Waals surface area (Å²) in [5, 5.41) is 0. The number of carbonyl (C=O) groups is 1. The number of piperidine rings is 1. The second kappa shape index (κ2) is 10.5. The molecule has 35 heavy (non-hydrogen) atoms. The molecular weight excluding hydrogens is 452 g/mol. The van der Waals surface area contributed by atoms with Gasteiger partial charge in [-0.25, -0.2) is 8.78 Å². The molecule has 0 atom stereocenters. The number of hydrogen-bond donors (Lipinski definition) is 0. The zero-order chi connectivity index (χ0) is 25.1. The first-order chi connectivity index (χ1) is 16.7. The second-order valence-corrected chi connectivity index (χ2v) is 10.6. The maximum absolute atomic E-state index is 13.8. The average Bonchev–Trinajstić information content (AvgIpc) is 3.15. The van der Waals surface area contributed by atoms with Crippen LogP contribution >= 0.6 is 0 Å². The number of aryl methyl sites for hydroxylation is 1. The topological polar surface area (TPSA) is 48.0 Å². The fourth-order valence-electron chi connectivity index (χ4n) is 4.90. The Morgan fingerprint density at radius 3 is 2.66 bits per heavy atom. The van der Waals surface area contributed by atoms with Crippen LogP contribution in [0.15, 0.2) is 36.4 Å². The van der Waals surface area contributed by atoms with Crippen LogP contribution in [0.25, 0.3) is 0 Å². The fourth-order valence-corrected chi connectivity index (χ4v) is 4.90. The van der Waals surface area contributed by atoms with Crippen molar-refractivity contribution in [3.05, 3.63) is 59.2 Å². The van der Waals surface area contributed by atoms with Crippen molar-refractivity contribution in [2.24, 2.45) is 0 Å². The Labute approximate surface area is 206 Å². The van der Waals surface area contributed by atoms with E-state index in [1.165, 1.54) is 11.6 Å². The van der Waals surface area contributed by atoms with E-state index in [1.54, 1.807) is 6.07 Å². The molecule has 190 valence electrons. The largest absolute Gasteiger partial charge is 0.493 e. The van der Waals surface area contributed by atoms with Crippen molar-refractivity contribution >= 4 is 5.97 Å². The van der Waals surface area contributed by atoms with E-state index in [0.29, 0.717) is 44.6 Å². The molecule has 2 heterocycles. The van der Waals surface area contributed by atoms with Crippen molar-refractivity contribution in [2.45, 2.75) is 63.9 Å². The number of likely N-dealkylation sites (tertiary alicyclic amines) is 1. The number of esters is 1. The Morgan fingerprint density at radius 2 is 1.91 bits per heavy atom. The lowest BCUT2D eigenvalue weighted by atomic mass is 9.74. The van der Waals surface area contributed by atoms with Crippen LogP contribution in [-0.4, -0.2) is 49.3 Å². The molecule has 0 N–H and O–H groups in total. The van der Waals surface area contributed by atoms with Crippen LogP contribution < -0.4 is 9.47 Å².